The van der Waals surface area contributed by atoms with Crippen molar-refractivity contribution in [3.8, 4) is 0 Å². The average Bonchev–Trinajstić information content (AvgIpc) is 2.42. The van der Waals surface area contributed by atoms with Crippen LogP contribution in [0, 0.1) is 12.8 Å². The quantitative estimate of drug-likeness (QED) is 0.811. The molecule has 0 saturated carbocycles. The van der Waals surface area contributed by atoms with Crippen LogP contribution in [0.15, 0.2) is 21.1 Å². The van der Waals surface area contributed by atoms with E-state index in [9.17, 15) is 0 Å². The van der Waals surface area contributed by atoms with Crippen LogP contribution in [0.25, 0.3) is 0 Å². The largest absolute Gasteiger partial charge is 0.381 e. The van der Waals surface area contributed by atoms with Crippen LogP contribution >= 0.6 is 31.9 Å². The maximum Gasteiger partial charge on any atom is 0.0512 e. The third-order valence-electron chi connectivity index (χ3n) is 3.70. The molecule has 2 atom stereocenters. The summed E-state index contributed by atoms with van der Waals surface area (Å²) >= 11 is 7.36. The highest BCUT2D eigenvalue weighted by molar-refractivity contribution is 9.11. The van der Waals surface area contributed by atoms with Crippen LogP contribution in [-0.2, 0) is 4.74 Å². The lowest BCUT2D eigenvalue weighted by Gasteiger charge is -2.32. The van der Waals surface area contributed by atoms with Gasteiger partial charge in [0.15, 0.2) is 0 Å². The van der Waals surface area contributed by atoms with Crippen molar-refractivity contribution < 1.29 is 4.74 Å². The second kappa shape index (κ2) is 7.21. The summed E-state index contributed by atoms with van der Waals surface area (Å²) in [6.07, 6.45) is 2.40. The molecule has 0 aliphatic carbocycles. The van der Waals surface area contributed by atoms with Crippen LogP contribution < -0.4 is 5.32 Å². The van der Waals surface area contributed by atoms with E-state index in [1.54, 1.807) is 0 Å². The molecule has 106 valence electrons. The minimum absolute atomic E-state index is 0.358. The lowest BCUT2D eigenvalue weighted by Crippen LogP contribution is -2.33. The normalized spacial score (nSPS) is 21.4. The van der Waals surface area contributed by atoms with Crippen molar-refractivity contribution in [3.05, 3.63) is 32.2 Å². The van der Waals surface area contributed by atoms with Gasteiger partial charge in [0.1, 0.15) is 0 Å². The molecule has 2 rings (SSSR count). The van der Waals surface area contributed by atoms with Crippen LogP contribution in [0.5, 0.6) is 0 Å². The smallest absolute Gasteiger partial charge is 0.0512 e. The van der Waals surface area contributed by atoms with E-state index in [4.69, 9.17) is 4.74 Å². The number of hydrogen-bond donors (Lipinski definition) is 1. The van der Waals surface area contributed by atoms with Crippen molar-refractivity contribution in [1.29, 1.82) is 0 Å². The van der Waals surface area contributed by atoms with Crippen LogP contribution in [0.1, 0.15) is 36.9 Å². The van der Waals surface area contributed by atoms with Crippen LogP contribution in [-0.4, -0.2) is 19.8 Å². The molecule has 1 fully saturated rings. The standard InChI is InChI=1S/C15H21Br2NO/c1-3-18-15(11-5-4-6-19-9-11)12-8-13(16)10(2)7-14(12)17/h7-8,11,15,18H,3-6,9H2,1-2H3. The molecule has 4 heteroatoms. The van der Waals surface area contributed by atoms with E-state index < -0.39 is 0 Å². The van der Waals surface area contributed by atoms with E-state index in [0.717, 1.165) is 26.2 Å². The molecule has 0 radical (unpaired) electrons. The van der Waals surface area contributed by atoms with Crippen LogP contribution in [0.3, 0.4) is 0 Å². The monoisotopic (exact) mass is 389 g/mol. The molecule has 1 aliphatic rings. The van der Waals surface area contributed by atoms with Crippen LogP contribution in [0.2, 0.25) is 0 Å². The maximum absolute atomic E-state index is 5.66. The van der Waals surface area contributed by atoms with Gasteiger partial charge in [0, 0.05) is 27.5 Å². The molecular formula is C15H21Br2NO. The lowest BCUT2D eigenvalue weighted by molar-refractivity contribution is 0.0391. The van der Waals surface area contributed by atoms with Gasteiger partial charge < -0.3 is 10.1 Å². The third kappa shape index (κ3) is 3.81. The molecule has 0 aromatic heterocycles. The van der Waals surface area contributed by atoms with Gasteiger partial charge in [0.25, 0.3) is 0 Å². The number of nitrogens with one attached hydrogen (secondary N) is 1. The number of halogens is 2. The first-order valence-electron chi connectivity index (χ1n) is 6.90. The van der Waals surface area contributed by atoms with Gasteiger partial charge in [-0.3, -0.25) is 0 Å². The zero-order valence-corrected chi connectivity index (χ0v) is 14.7. The Labute approximate surface area is 132 Å². The first-order chi connectivity index (χ1) is 9.13. The summed E-state index contributed by atoms with van der Waals surface area (Å²) < 4.78 is 8.01. The van der Waals surface area contributed by atoms with Crippen molar-refractivity contribution in [2.45, 2.75) is 32.7 Å². The van der Waals surface area contributed by atoms with Gasteiger partial charge in [-0.2, -0.15) is 0 Å². The second-order valence-corrected chi connectivity index (χ2v) is 6.84. The second-order valence-electron chi connectivity index (χ2n) is 5.14. The minimum Gasteiger partial charge on any atom is -0.381 e. The highest BCUT2D eigenvalue weighted by atomic mass is 79.9. The Morgan fingerprint density at radius 3 is 2.79 bits per heavy atom. The van der Waals surface area contributed by atoms with Gasteiger partial charge >= 0.3 is 0 Å². The molecule has 1 heterocycles. The number of benzene rings is 1. The molecule has 1 aliphatic heterocycles. The Kier molecular flexibility index (Phi) is 5.87. The summed E-state index contributed by atoms with van der Waals surface area (Å²) in [5.41, 5.74) is 2.58. The molecule has 1 aromatic carbocycles. The van der Waals surface area contributed by atoms with E-state index in [2.05, 4.69) is 63.2 Å². The van der Waals surface area contributed by atoms with Gasteiger partial charge in [-0.1, -0.05) is 38.8 Å². The molecule has 19 heavy (non-hydrogen) atoms. The Hall–Kier alpha value is 0.1000. The summed E-state index contributed by atoms with van der Waals surface area (Å²) in [6.45, 7) is 7.02. The number of rotatable bonds is 4. The zero-order valence-electron chi connectivity index (χ0n) is 11.5. The van der Waals surface area contributed by atoms with Gasteiger partial charge in [0.2, 0.25) is 0 Å². The van der Waals surface area contributed by atoms with E-state index in [1.807, 2.05) is 0 Å². The highest BCUT2D eigenvalue weighted by Gasteiger charge is 2.26. The molecule has 0 spiro atoms. The predicted molar refractivity (Wildman–Crippen MR) is 86.5 cm³/mol. The third-order valence-corrected chi connectivity index (χ3v) is 5.25. The lowest BCUT2D eigenvalue weighted by atomic mass is 9.88. The Morgan fingerprint density at radius 1 is 1.37 bits per heavy atom. The Bertz CT molecular complexity index is 430. The summed E-state index contributed by atoms with van der Waals surface area (Å²) in [6, 6.07) is 4.78. The minimum atomic E-state index is 0.358. The first-order valence-corrected chi connectivity index (χ1v) is 8.48. The molecule has 2 unspecified atom stereocenters. The van der Waals surface area contributed by atoms with E-state index in [-0.39, 0.29) is 0 Å². The SMILES string of the molecule is CCNC(c1cc(Br)c(C)cc1Br)C1CCCOC1. The van der Waals surface area contributed by atoms with E-state index in [0.29, 0.717) is 12.0 Å². The summed E-state index contributed by atoms with van der Waals surface area (Å²) in [7, 11) is 0. The van der Waals surface area contributed by atoms with E-state index in [1.165, 1.54) is 26.5 Å². The fourth-order valence-corrected chi connectivity index (χ4v) is 3.74. The highest BCUT2D eigenvalue weighted by Crippen LogP contribution is 2.35. The maximum atomic E-state index is 5.66. The van der Waals surface area contributed by atoms with Gasteiger partial charge in [-0.05, 0) is 49.6 Å². The van der Waals surface area contributed by atoms with Crippen molar-refractivity contribution in [2.24, 2.45) is 5.92 Å². The molecule has 0 amide bonds. The number of hydrogen-bond acceptors (Lipinski definition) is 2. The van der Waals surface area contributed by atoms with Crippen molar-refractivity contribution in [2.75, 3.05) is 19.8 Å². The number of aryl methyl sites for hydroxylation is 1. The molecule has 1 saturated heterocycles. The fraction of sp³-hybridized carbons (Fsp3) is 0.600. The van der Waals surface area contributed by atoms with Crippen LogP contribution in [0.4, 0.5) is 0 Å². The molecular weight excluding hydrogens is 370 g/mol. The first kappa shape index (κ1) is 15.5. The summed E-state index contributed by atoms with van der Waals surface area (Å²) in [4.78, 5) is 0. The zero-order chi connectivity index (χ0) is 13.8. The van der Waals surface area contributed by atoms with Gasteiger partial charge in [-0.15, -0.1) is 0 Å². The van der Waals surface area contributed by atoms with Crippen molar-refractivity contribution >= 4 is 31.9 Å². The topological polar surface area (TPSA) is 21.3 Å². The molecule has 2 nitrogen and oxygen atoms in total. The summed E-state index contributed by atoms with van der Waals surface area (Å²) in [5, 5.41) is 3.63. The Morgan fingerprint density at radius 2 is 2.16 bits per heavy atom. The summed E-state index contributed by atoms with van der Waals surface area (Å²) in [5.74, 6) is 0.555. The molecule has 1 aromatic rings. The average molecular weight is 391 g/mol. The van der Waals surface area contributed by atoms with Crippen molar-refractivity contribution in [1.82, 2.24) is 5.32 Å². The van der Waals surface area contributed by atoms with Gasteiger partial charge in [-0.25, -0.2) is 0 Å². The predicted octanol–water partition coefficient (Wildman–Crippen LogP) is 4.60. The molecule has 1 N–H and O–H groups in total. The van der Waals surface area contributed by atoms with E-state index >= 15 is 0 Å². The van der Waals surface area contributed by atoms with Gasteiger partial charge in [0.05, 0.1) is 6.61 Å². The fourth-order valence-electron chi connectivity index (χ4n) is 2.68. The van der Waals surface area contributed by atoms with Crippen molar-refractivity contribution in [3.63, 3.8) is 0 Å². The number of ether oxygens (including phenoxy) is 1. The Balaban J connectivity index is 2.29. The molecule has 0 bridgehead atoms.